The molecule has 1 saturated heterocycles. The minimum Gasteiger partial charge on any atom is -0.374 e. The lowest BCUT2D eigenvalue weighted by Crippen LogP contribution is -2.53. The summed E-state index contributed by atoms with van der Waals surface area (Å²) >= 11 is 0.667. The molecular weight excluding hydrogens is 421 g/mol. The van der Waals surface area contributed by atoms with Crippen LogP contribution in [0, 0.1) is 6.92 Å². The molecule has 0 saturated carbocycles. The highest BCUT2D eigenvalue weighted by atomic mass is 32.1. The molecule has 162 valence electrons. The first-order valence-corrected chi connectivity index (χ1v) is 10.2. The van der Waals surface area contributed by atoms with E-state index in [1.807, 2.05) is 0 Å². The predicted octanol–water partition coefficient (Wildman–Crippen LogP) is 1.90. The third-order valence-electron chi connectivity index (χ3n) is 4.89. The molecule has 7 nitrogen and oxygen atoms in total. The fourth-order valence-electron chi connectivity index (χ4n) is 3.15. The maximum Gasteiger partial charge on any atom is 0.424 e. The van der Waals surface area contributed by atoms with E-state index in [0.29, 0.717) is 22.7 Å². The van der Waals surface area contributed by atoms with Gasteiger partial charge in [0.25, 0.3) is 0 Å². The smallest absolute Gasteiger partial charge is 0.374 e. The van der Waals surface area contributed by atoms with Crippen molar-refractivity contribution in [3.8, 4) is 0 Å². The maximum atomic E-state index is 13.6. The molecule has 2 amide bonds. The number of rotatable bonds is 5. The number of aryl methyl sites for hydroxylation is 1. The minimum absolute atomic E-state index is 0.0949. The summed E-state index contributed by atoms with van der Waals surface area (Å²) in [5.41, 5.74) is -2.38. The van der Waals surface area contributed by atoms with Gasteiger partial charge in [-0.1, -0.05) is 6.07 Å². The second kappa shape index (κ2) is 8.68. The zero-order valence-electron chi connectivity index (χ0n) is 16.2. The Balaban J connectivity index is 1.61. The summed E-state index contributed by atoms with van der Waals surface area (Å²) < 4.78 is 40.8. The number of aromatic nitrogens is 2. The number of pyridine rings is 1. The van der Waals surface area contributed by atoms with Crippen molar-refractivity contribution in [3.05, 3.63) is 46.2 Å². The Morgan fingerprint density at radius 3 is 2.27 bits per heavy atom. The van der Waals surface area contributed by atoms with Crippen LogP contribution >= 0.6 is 11.3 Å². The molecule has 1 aliphatic rings. The van der Waals surface area contributed by atoms with Crippen LogP contribution in [-0.2, 0) is 21.6 Å². The maximum absolute atomic E-state index is 13.6. The van der Waals surface area contributed by atoms with Crippen LogP contribution < -0.4 is 0 Å². The van der Waals surface area contributed by atoms with E-state index in [1.54, 1.807) is 29.3 Å². The van der Waals surface area contributed by atoms with Crippen LogP contribution in [0.4, 0.5) is 13.2 Å². The Kier molecular flexibility index (Phi) is 6.41. The zero-order chi connectivity index (χ0) is 21.9. The van der Waals surface area contributed by atoms with E-state index in [1.165, 1.54) is 17.2 Å². The fraction of sp³-hybridized carbons (Fsp3) is 0.474. The topological polar surface area (TPSA) is 86.6 Å². The van der Waals surface area contributed by atoms with E-state index >= 15 is 0 Å². The molecule has 0 radical (unpaired) electrons. The summed E-state index contributed by atoms with van der Waals surface area (Å²) in [6, 6.07) is 5.25. The van der Waals surface area contributed by atoms with Crippen LogP contribution in [0.2, 0.25) is 0 Å². The first kappa shape index (κ1) is 22.2. The number of alkyl halides is 3. The lowest BCUT2D eigenvalue weighted by atomic mass is 9.98. The van der Waals surface area contributed by atoms with Crippen LogP contribution in [-0.4, -0.2) is 69.0 Å². The second-order valence-electron chi connectivity index (χ2n) is 7.09. The quantitative estimate of drug-likeness (QED) is 0.765. The molecule has 0 aliphatic carbocycles. The molecule has 1 aliphatic heterocycles. The first-order valence-electron chi connectivity index (χ1n) is 9.27. The monoisotopic (exact) mass is 442 g/mol. The van der Waals surface area contributed by atoms with E-state index in [9.17, 15) is 27.9 Å². The van der Waals surface area contributed by atoms with Gasteiger partial charge >= 0.3 is 6.18 Å². The molecule has 2 aromatic heterocycles. The van der Waals surface area contributed by atoms with Gasteiger partial charge in [0.2, 0.25) is 17.4 Å². The average molecular weight is 442 g/mol. The number of hydrogen-bond acceptors (Lipinski definition) is 6. The molecule has 0 spiro atoms. The van der Waals surface area contributed by atoms with Gasteiger partial charge in [0.15, 0.2) is 0 Å². The van der Waals surface area contributed by atoms with Crippen molar-refractivity contribution in [2.24, 2.45) is 0 Å². The van der Waals surface area contributed by atoms with Crippen molar-refractivity contribution in [1.82, 2.24) is 19.8 Å². The Bertz CT molecular complexity index is 898. The first-order chi connectivity index (χ1) is 14.1. The van der Waals surface area contributed by atoms with Crippen molar-refractivity contribution < 1.29 is 27.9 Å². The van der Waals surface area contributed by atoms with Crippen LogP contribution in [0.15, 0.2) is 29.8 Å². The summed E-state index contributed by atoms with van der Waals surface area (Å²) in [5, 5.41) is 11.2. The number of halogens is 3. The standard InChI is InChI=1S/C19H21F3N4O3S/c1-13-12-30-17(24-13)18(29,19(20,21)22)11-16(28)26-8-6-25(7-9-26)15(27)10-14-4-2-3-5-23-14/h2-5,12,29H,6-11H2,1H3. The van der Waals surface area contributed by atoms with Gasteiger partial charge in [-0.2, -0.15) is 13.2 Å². The third-order valence-corrected chi connectivity index (χ3v) is 6.00. The van der Waals surface area contributed by atoms with Gasteiger partial charge in [-0.3, -0.25) is 14.6 Å². The van der Waals surface area contributed by atoms with Gasteiger partial charge < -0.3 is 14.9 Å². The number of thiazole rings is 1. The van der Waals surface area contributed by atoms with E-state index in [2.05, 4.69) is 9.97 Å². The summed E-state index contributed by atoms with van der Waals surface area (Å²) in [7, 11) is 0. The predicted molar refractivity (Wildman–Crippen MR) is 103 cm³/mol. The van der Waals surface area contributed by atoms with E-state index in [0.717, 1.165) is 0 Å². The molecule has 11 heteroatoms. The number of nitrogens with zero attached hydrogens (tertiary/aromatic N) is 4. The Labute approximate surface area is 175 Å². The molecule has 2 aromatic rings. The molecular formula is C19H21F3N4O3S. The Morgan fingerprint density at radius 1 is 1.13 bits per heavy atom. The summed E-state index contributed by atoms with van der Waals surface area (Å²) in [6.07, 6.45) is -4.49. The third kappa shape index (κ3) is 4.78. The molecule has 0 aromatic carbocycles. The highest BCUT2D eigenvalue weighted by Crippen LogP contribution is 2.43. The van der Waals surface area contributed by atoms with E-state index < -0.39 is 29.1 Å². The second-order valence-corrected chi connectivity index (χ2v) is 7.95. The molecule has 3 heterocycles. The van der Waals surface area contributed by atoms with Gasteiger partial charge in [0, 0.05) is 49.1 Å². The molecule has 0 bridgehead atoms. The Morgan fingerprint density at radius 2 is 1.77 bits per heavy atom. The number of amides is 2. The van der Waals surface area contributed by atoms with Gasteiger partial charge in [0.1, 0.15) is 5.01 Å². The van der Waals surface area contributed by atoms with E-state index in [4.69, 9.17) is 0 Å². The average Bonchev–Trinajstić information content (AvgIpc) is 3.15. The lowest BCUT2D eigenvalue weighted by molar-refractivity contribution is -0.268. The molecule has 3 rings (SSSR count). The van der Waals surface area contributed by atoms with E-state index in [-0.39, 0.29) is 38.5 Å². The van der Waals surface area contributed by atoms with Gasteiger partial charge in [-0.25, -0.2) is 4.98 Å². The molecule has 1 atom stereocenters. The number of carbonyl (C=O) groups is 2. The van der Waals surface area contributed by atoms with Crippen molar-refractivity contribution in [2.45, 2.75) is 31.5 Å². The number of aliphatic hydroxyl groups is 1. The highest BCUT2D eigenvalue weighted by Gasteiger charge is 2.58. The number of carbonyl (C=O) groups excluding carboxylic acids is 2. The van der Waals surface area contributed by atoms with Crippen LogP contribution in [0.5, 0.6) is 0 Å². The molecule has 1 N–H and O–H groups in total. The fourth-order valence-corrected chi connectivity index (χ4v) is 4.06. The van der Waals surface area contributed by atoms with Crippen LogP contribution in [0.3, 0.4) is 0 Å². The van der Waals surface area contributed by atoms with Crippen molar-refractivity contribution in [2.75, 3.05) is 26.2 Å². The number of hydrogen-bond donors (Lipinski definition) is 1. The zero-order valence-corrected chi connectivity index (χ0v) is 17.0. The van der Waals surface area contributed by atoms with Crippen molar-refractivity contribution in [1.29, 1.82) is 0 Å². The van der Waals surface area contributed by atoms with Crippen molar-refractivity contribution in [3.63, 3.8) is 0 Å². The molecule has 1 unspecified atom stereocenters. The molecule has 1 fully saturated rings. The summed E-state index contributed by atoms with van der Waals surface area (Å²) in [5.74, 6) is -0.995. The Hall–Kier alpha value is -2.53. The summed E-state index contributed by atoms with van der Waals surface area (Å²) in [4.78, 5) is 35.5. The van der Waals surface area contributed by atoms with Crippen LogP contribution in [0.25, 0.3) is 0 Å². The normalized spacial score (nSPS) is 17.0. The van der Waals surface area contributed by atoms with Gasteiger partial charge in [0.05, 0.1) is 12.8 Å². The molecule has 30 heavy (non-hydrogen) atoms. The van der Waals surface area contributed by atoms with Gasteiger partial charge in [-0.05, 0) is 19.1 Å². The summed E-state index contributed by atoms with van der Waals surface area (Å²) in [6.45, 7) is 2.12. The minimum atomic E-state index is -5.05. The highest BCUT2D eigenvalue weighted by molar-refractivity contribution is 7.09. The van der Waals surface area contributed by atoms with Crippen molar-refractivity contribution >= 4 is 23.2 Å². The van der Waals surface area contributed by atoms with Crippen LogP contribution in [0.1, 0.15) is 22.8 Å². The lowest BCUT2D eigenvalue weighted by Gasteiger charge is -2.36. The SMILES string of the molecule is Cc1csc(C(O)(CC(=O)N2CCN(C(=O)Cc3ccccn3)CC2)C(F)(F)F)n1. The number of piperazine rings is 1. The van der Waals surface area contributed by atoms with Gasteiger partial charge in [-0.15, -0.1) is 11.3 Å². The largest absolute Gasteiger partial charge is 0.424 e.